The second-order valence-corrected chi connectivity index (χ2v) is 7.61. The summed E-state index contributed by atoms with van der Waals surface area (Å²) < 4.78 is 44.2. The van der Waals surface area contributed by atoms with Gasteiger partial charge in [0.05, 0.1) is 17.8 Å². The van der Waals surface area contributed by atoms with Gasteiger partial charge in [0, 0.05) is 29.2 Å². The summed E-state index contributed by atoms with van der Waals surface area (Å²) in [5, 5.41) is 13.7. The molecule has 1 fully saturated rings. The van der Waals surface area contributed by atoms with E-state index in [1.165, 1.54) is 11.8 Å². The number of likely N-dealkylation sites (tertiary alicyclic amines) is 1. The summed E-state index contributed by atoms with van der Waals surface area (Å²) in [6.45, 7) is 2.73. The molecule has 1 aliphatic rings. The second kappa shape index (κ2) is 7.20. The molecule has 0 spiro atoms. The van der Waals surface area contributed by atoms with E-state index in [-0.39, 0.29) is 6.54 Å². The molecule has 1 atom stereocenters. The molecule has 0 unspecified atom stereocenters. The Hall–Kier alpha value is -2.00. The molecule has 1 N–H and O–H groups in total. The Balaban J connectivity index is 1.77. The maximum Gasteiger partial charge on any atom is 0.419 e. The molecule has 146 valence electrons. The van der Waals surface area contributed by atoms with Gasteiger partial charge >= 0.3 is 6.18 Å². The lowest BCUT2D eigenvalue weighted by molar-refractivity contribution is -0.253. The molecule has 27 heavy (non-hydrogen) atoms. The summed E-state index contributed by atoms with van der Waals surface area (Å²) in [4.78, 5) is 14.5. The average molecular weight is 400 g/mol. The first-order chi connectivity index (χ1) is 12.6. The van der Waals surface area contributed by atoms with Crippen molar-refractivity contribution >= 4 is 17.7 Å². The predicted molar refractivity (Wildman–Crippen MR) is 93.5 cm³/mol. The van der Waals surface area contributed by atoms with Gasteiger partial charge in [-0.15, -0.1) is 11.8 Å². The molecule has 1 saturated heterocycles. The van der Waals surface area contributed by atoms with E-state index in [1.807, 2.05) is 6.92 Å². The van der Waals surface area contributed by atoms with E-state index in [0.717, 1.165) is 16.2 Å². The minimum atomic E-state index is -4.76. The number of carbonyl (C=O) groups excluding carboxylic acids is 1. The molecule has 1 aliphatic heterocycles. The number of aliphatic hydroxyl groups is 1. The predicted octanol–water partition coefficient (Wildman–Crippen LogP) is 3.72. The largest absolute Gasteiger partial charge is 0.419 e. The van der Waals surface area contributed by atoms with Crippen molar-refractivity contribution < 1.29 is 27.6 Å². The Morgan fingerprint density at radius 1 is 1.37 bits per heavy atom. The Bertz CT molecular complexity index is 833. The van der Waals surface area contributed by atoms with Crippen LogP contribution in [0.5, 0.6) is 0 Å². The van der Waals surface area contributed by atoms with Crippen LogP contribution < -0.4 is 0 Å². The van der Waals surface area contributed by atoms with E-state index < -0.39 is 30.7 Å². The molecule has 3 rings (SSSR count). The van der Waals surface area contributed by atoms with Crippen molar-refractivity contribution in [3.05, 3.63) is 46.8 Å². The number of β-amino-alcohol motifs (C(OH)–C–C–N with tert-alkyl or cyclic N) is 1. The monoisotopic (exact) mass is 400 g/mol. The Morgan fingerprint density at radius 3 is 2.67 bits per heavy atom. The number of carbonyl (C=O) groups is 1. The fourth-order valence-corrected chi connectivity index (χ4v) is 4.19. The lowest BCUT2D eigenvalue weighted by Crippen LogP contribution is -2.48. The maximum absolute atomic E-state index is 13.0. The number of halogens is 3. The molecule has 0 saturated carbocycles. The van der Waals surface area contributed by atoms with Crippen LogP contribution in [0.25, 0.3) is 0 Å². The third-order valence-electron chi connectivity index (χ3n) is 4.73. The van der Waals surface area contributed by atoms with Gasteiger partial charge in [0.15, 0.2) is 5.60 Å². The van der Waals surface area contributed by atoms with Gasteiger partial charge in [-0.2, -0.15) is 13.2 Å². The van der Waals surface area contributed by atoms with Gasteiger partial charge in [0.2, 0.25) is 0 Å². The molecule has 1 amide bonds. The van der Waals surface area contributed by atoms with Crippen LogP contribution in [-0.2, 0) is 5.75 Å². The molecule has 2 aromatic rings. The molecule has 5 nitrogen and oxygen atoms in total. The van der Waals surface area contributed by atoms with Crippen molar-refractivity contribution in [2.75, 3.05) is 13.1 Å². The van der Waals surface area contributed by atoms with Gasteiger partial charge in [-0.05, 0) is 26.0 Å². The molecular weight excluding hydrogens is 381 g/mol. The number of amides is 1. The summed E-state index contributed by atoms with van der Waals surface area (Å²) in [5.41, 5.74) is -0.837. The van der Waals surface area contributed by atoms with Crippen molar-refractivity contribution in [1.29, 1.82) is 0 Å². The number of hydrogen-bond donors (Lipinski definition) is 1. The van der Waals surface area contributed by atoms with Gasteiger partial charge in [0.1, 0.15) is 5.76 Å². The van der Waals surface area contributed by atoms with Crippen molar-refractivity contribution in [2.45, 2.75) is 42.7 Å². The standard InChI is InChI=1S/C18H19F3N2O3S/c1-11-14(12(2)26-22-11)9-27-15-6-4-3-5-13(15)16(24)23-8-7-17(25,10-23)18(19,20)21/h3-6,25H,7-10H2,1-2H3/t17-/m1/s1. The lowest BCUT2D eigenvalue weighted by Gasteiger charge is -2.26. The minimum Gasteiger partial charge on any atom is -0.379 e. The van der Waals surface area contributed by atoms with E-state index >= 15 is 0 Å². The van der Waals surface area contributed by atoms with E-state index in [4.69, 9.17) is 4.52 Å². The molecule has 1 aromatic carbocycles. The van der Waals surface area contributed by atoms with Crippen molar-refractivity contribution in [3.8, 4) is 0 Å². The van der Waals surface area contributed by atoms with E-state index in [0.29, 0.717) is 22.0 Å². The molecule has 0 radical (unpaired) electrons. The van der Waals surface area contributed by atoms with Crippen LogP contribution in [0.3, 0.4) is 0 Å². The Kier molecular flexibility index (Phi) is 5.27. The first-order valence-electron chi connectivity index (χ1n) is 8.34. The van der Waals surface area contributed by atoms with Crippen molar-refractivity contribution in [2.24, 2.45) is 0 Å². The molecule has 1 aromatic heterocycles. The Labute approximate surface area is 158 Å². The average Bonchev–Trinajstić information content (AvgIpc) is 3.17. The van der Waals surface area contributed by atoms with Crippen molar-refractivity contribution in [1.82, 2.24) is 10.1 Å². The molecular formula is C18H19F3N2O3S. The fourth-order valence-electron chi connectivity index (χ4n) is 3.00. The first kappa shape index (κ1) is 19.8. The number of nitrogens with zero attached hydrogens (tertiary/aromatic N) is 2. The first-order valence-corrected chi connectivity index (χ1v) is 9.33. The van der Waals surface area contributed by atoms with Crippen molar-refractivity contribution in [3.63, 3.8) is 0 Å². The van der Waals surface area contributed by atoms with E-state index in [9.17, 15) is 23.1 Å². The highest BCUT2D eigenvalue weighted by molar-refractivity contribution is 7.98. The molecule has 0 bridgehead atoms. The van der Waals surface area contributed by atoms with Crippen LogP contribution in [0, 0.1) is 13.8 Å². The zero-order valence-corrected chi connectivity index (χ0v) is 15.7. The summed E-state index contributed by atoms with van der Waals surface area (Å²) in [7, 11) is 0. The molecule has 2 heterocycles. The lowest BCUT2D eigenvalue weighted by atomic mass is 10.0. The number of benzene rings is 1. The summed E-state index contributed by atoms with van der Waals surface area (Å²) in [6.07, 6.45) is -5.28. The minimum absolute atomic E-state index is 0.141. The topological polar surface area (TPSA) is 66.6 Å². The smallest absolute Gasteiger partial charge is 0.379 e. The number of hydrogen-bond acceptors (Lipinski definition) is 5. The third kappa shape index (κ3) is 3.84. The number of thioether (sulfide) groups is 1. The summed E-state index contributed by atoms with van der Waals surface area (Å²) in [5.74, 6) is 0.702. The highest BCUT2D eigenvalue weighted by atomic mass is 32.2. The van der Waals surface area contributed by atoms with Crippen LogP contribution in [0.1, 0.15) is 33.8 Å². The zero-order chi connectivity index (χ0) is 19.8. The number of alkyl halides is 3. The van der Waals surface area contributed by atoms with Gasteiger partial charge in [0.25, 0.3) is 5.91 Å². The number of rotatable bonds is 4. The normalized spacial score (nSPS) is 20.3. The van der Waals surface area contributed by atoms with Gasteiger partial charge in [-0.3, -0.25) is 4.79 Å². The zero-order valence-electron chi connectivity index (χ0n) is 14.8. The fraction of sp³-hybridized carbons (Fsp3) is 0.444. The Morgan fingerprint density at radius 2 is 2.07 bits per heavy atom. The van der Waals surface area contributed by atoms with Gasteiger partial charge in [-0.1, -0.05) is 17.3 Å². The SMILES string of the molecule is Cc1noc(C)c1CSc1ccccc1C(=O)N1CC[C@](O)(C(F)(F)F)C1. The van der Waals surface area contributed by atoms with E-state index in [1.54, 1.807) is 31.2 Å². The van der Waals surface area contributed by atoms with Crippen LogP contribution in [0.15, 0.2) is 33.7 Å². The summed E-state index contributed by atoms with van der Waals surface area (Å²) in [6, 6.07) is 6.77. The van der Waals surface area contributed by atoms with Crippen LogP contribution in [0.4, 0.5) is 13.2 Å². The van der Waals surface area contributed by atoms with Crippen LogP contribution >= 0.6 is 11.8 Å². The molecule has 9 heteroatoms. The summed E-state index contributed by atoms with van der Waals surface area (Å²) >= 11 is 1.39. The van der Waals surface area contributed by atoms with E-state index in [2.05, 4.69) is 5.16 Å². The maximum atomic E-state index is 13.0. The quantitative estimate of drug-likeness (QED) is 0.793. The van der Waals surface area contributed by atoms with Crippen LogP contribution in [0.2, 0.25) is 0 Å². The highest BCUT2D eigenvalue weighted by Gasteiger charge is 2.57. The number of aryl methyl sites for hydroxylation is 2. The highest BCUT2D eigenvalue weighted by Crippen LogP contribution is 2.38. The third-order valence-corrected chi connectivity index (χ3v) is 5.83. The van der Waals surface area contributed by atoms with Crippen LogP contribution in [-0.4, -0.2) is 45.9 Å². The number of aromatic nitrogens is 1. The second-order valence-electron chi connectivity index (χ2n) is 6.59. The molecule has 0 aliphatic carbocycles. The van der Waals surface area contributed by atoms with Gasteiger partial charge < -0.3 is 14.5 Å². The van der Waals surface area contributed by atoms with Gasteiger partial charge in [-0.25, -0.2) is 0 Å².